The van der Waals surface area contributed by atoms with Crippen molar-refractivity contribution in [2.24, 2.45) is 5.10 Å². The van der Waals surface area contributed by atoms with Gasteiger partial charge in [-0.3, -0.25) is 4.79 Å². The molecule has 0 bridgehead atoms. The highest BCUT2D eigenvalue weighted by Gasteiger charge is 2.14. The van der Waals surface area contributed by atoms with E-state index in [0.717, 1.165) is 21.3 Å². The lowest BCUT2D eigenvalue weighted by atomic mass is 10.2. The Kier molecular flexibility index (Phi) is 8.06. The number of para-hydroxylation sites is 1. The minimum Gasteiger partial charge on any atom is -0.497 e. The molecule has 3 rings (SSSR count). The zero-order chi connectivity index (χ0) is 22.1. The van der Waals surface area contributed by atoms with E-state index in [9.17, 15) is 4.79 Å². The number of rotatable bonds is 9. The van der Waals surface area contributed by atoms with Crippen LogP contribution < -0.4 is 19.6 Å². The van der Waals surface area contributed by atoms with Crippen LogP contribution in [0.4, 0.5) is 0 Å². The van der Waals surface area contributed by atoms with Crippen LogP contribution in [0.3, 0.4) is 0 Å². The monoisotopic (exact) mass is 482 g/mol. The SMILES string of the molecule is COc1cccc(COc2ccccc2C=NNC(=O)C(C)Oc2ccc(Br)cc2)c1. The molecule has 0 aliphatic heterocycles. The zero-order valence-electron chi connectivity index (χ0n) is 17.2. The van der Waals surface area contributed by atoms with Gasteiger partial charge in [0.1, 0.15) is 23.9 Å². The zero-order valence-corrected chi connectivity index (χ0v) is 18.8. The van der Waals surface area contributed by atoms with Gasteiger partial charge in [0.15, 0.2) is 6.10 Å². The van der Waals surface area contributed by atoms with E-state index in [2.05, 4.69) is 26.5 Å². The summed E-state index contributed by atoms with van der Waals surface area (Å²) in [7, 11) is 1.63. The lowest BCUT2D eigenvalue weighted by Crippen LogP contribution is -2.33. The predicted molar refractivity (Wildman–Crippen MR) is 124 cm³/mol. The third-order valence-electron chi connectivity index (χ3n) is 4.32. The summed E-state index contributed by atoms with van der Waals surface area (Å²) in [4.78, 5) is 12.3. The van der Waals surface area contributed by atoms with Crippen LogP contribution in [0.1, 0.15) is 18.1 Å². The van der Waals surface area contributed by atoms with Crippen molar-refractivity contribution in [2.45, 2.75) is 19.6 Å². The van der Waals surface area contributed by atoms with Gasteiger partial charge >= 0.3 is 0 Å². The number of hydrogen-bond donors (Lipinski definition) is 1. The lowest BCUT2D eigenvalue weighted by molar-refractivity contribution is -0.127. The highest BCUT2D eigenvalue weighted by Crippen LogP contribution is 2.20. The van der Waals surface area contributed by atoms with Crippen LogP contribution in [0.15, 0.2) is 82.4 Å². The number of halogens is 1. The molecule has 0 saturated carbocycles. The van der Waals surface area contributed by atoms with Gasteiger partial charge in [-0.1, -0.05) is 40.2 Å². The molecule has 7 heteroatoms. The largest absolute Gasteiger partial charge is 0.497 e. The molecule has 0 heterocycles. The first-order valence-corrected chi connectivity index (χ1v) is 10.4. The summed E-state index contributed by atoms with van der Waals surface area (Å²) in [6.07, 6.45) is 0.850. The summed E-state index contributed by atoms with van der Waals surface area (Å²) in [6.45, 7) is 2.05. The smallest absolute Gasteiger partial charge is 0.280 e. The minimum atomic E-state index is -0.696. The Labute approximate surface area is 190 Å². The molecule has 0 spiro atoms. The number of hydrogen-bond acceptors (Lipinski definition) is 5. The highest BCUT2D eigenvalue weighted by molar-refractivity contribution is 9.10. The van der Waals surface area contributed by atoms with Gasteiger partial charge in [0.25, 0.3) is 5.91 Å². The maximum atomic E-state index is 12.3. The van der Waals surface area contributed by atoms with E-state index in [0.29, 0.717) is 18.1 Å². The number of nitrogens with one attached hydrogen (secondary N) is 1. The first-order valence-electron chi connectivity index (χ1n) is 9.65. The lowest BCUT2D eigenvalue weighted by Gasteiger charge is -2.13. The average molecular weight is 483 g/mol. The number of carbonyl (C=O) groups is 1. The Balaban J connectivity index is 1.56. The molecule has 1 N–H and O–H groups in total. The third kappa shape index (κ3) is 6.86. The van der Waals surface area contributed by atoms with Crippen molar-refractivity contribution in [1.29, 1.82) is 0 Å². The normalized spacial score (nSPS) is 11.7. The fourth-order valence-electron chi connectivity index (χ4n) is 2.67. The van der Waals surface area contributed by atoms with Crippen molar-refractivity contribution in [1.82, 2.24) is 5.43 Å². The van der Waals surface area contributed by atoms with Gasteiger partial charge in [0, 0.05) is 10.0 Å². The standard InChI is InChI=1S/C24H23BrN2O4/c1-17(31-21-12-10-20(25)11-13-21)24(28)27-26-15-19-7-3-4-9-23(19)30-16-18-6-5-8-22(14-18)29-2/h3-15,17H,16H2,1-2H3,(H,27,28). The van der Waals surface area contributed by atoms with Crippen LogP contribution in [0, 0.1) is 0 Å². The maximum Gasteiger partial charge on any atom is 0.280 e. The molecule has 0 fully saturated rings. The van der Waals surface area contributed by atoms with Crippen molar-refractivity contribution in [3.63, 3.8) is 0 Å². The Morgan fingerprint density at radius 1 is 1.06 bits per heavy atom. The van der Waals surface area contributed by atoms with E-state index in [1.165, 1.54) is 0 Å². The summed E-state index contributed by atoms with van der Waals surface area (Å²) in [6, 6.07) is 22.4. The molecule has 3 aromatic carbocycles. The summed E-state index contributed by atoms with van der Waals surface area (Å²) in [5.41, 5.74) is 4.23. The minimum absolute atomic E-state index is 0.353. The topological polar surface area (TPSA) is 69.2 Å². The average Bonchev–Trinajstić information content (AvgIpc) is 2.80. The summed E-state index contributed by atoms with van der Waals surface area (Å²) < 4.78 is 17.7. The maximum absolute atomic E-state index is 12.3. The predicted octanol–water partition coefficient (Wildman–Crippen LogP) is 4.95. The second kappa shape index (κ2) is 11.2. The molecule has 0 aliphatic rings. The number of carbonyl (C=O) groups excluding carboxylic acids is 1. The molecule has 160 valence electrons. The molecule has 0 aromatic heterocycles. The quantitative estimate of drug-likeness (QED) is 0.345. The number of amides is 1. The highest BCUT2D eigenvalue weighted by atomic mass is 79.9. The fourth-order valence-corrected chi connectivity index (χ4v) is 2.93. The summed E-state index contributed by atoms with van der Waals surface area (Å²) >= 11 is 3.36. The number of benzene rings is 3. The molecular weight excluding hydrogens is 460 g/mol. The van der Waals surface area contributed by atoms with Gasteiger partial charge in [0.2, 0.25) is 0 Å². The van der Waals surface area contributed by atoms with Crippen LogP contribution in [0.2, 0.25) is 0 Å². The fraction of sp³-hybridized carbons (Fsp3) is 0.167. The van der Waals surface area contributed by atoms with Gasteiger partial charge in [0.05, 0.1) is 13.3 Å². The summed E-state index contributed by atoms with van der Waals surface area (Å²) in [5, 5.41) is 4.05. The van der Waals surface area contributed by atoms with E-state index in [4.69, 9.17) is 14.2 Å². The number of nitrogens with zero attached hydrogens (tertiary/aromatic N) is 1. The van der Waals surface area contributed by atoms with Gasteiger partial charge in [-0.05, 0) is 61.0 Å². The molecule has 6 nitrogen and oxygen atoms in total. The van der Waals surface area contributed by atoms with E-state index in [1.807, 2.05) is 60.7 Å². The third-order valence-corrected chi connectivity index (χ3v) is 4.85. The Hall–Kier alpha value is -3.32. The van der Waals surface area contributed by atoms with Gasteiger partial charge in [-0.2, -0.15) is 5.10 Å². The van der Waals surface area contributed by atoms with E-state index in [1.54, 1.807) is 32.4 Å². The molecule has 1 amide bonds. The molecule has 0 radical (unpaired) electrons. The van der Waals surface area contributed by atoms with Crippen LogP contribution >= 0.6 is 15.9 Å². The molecular formula is C24H23BrN2O4. The molecule has 0 aliphatic carbocycles. The number of hydrazone groups is 1. The van der Waals surface area contributed by atoms with Gasteiger partial charge in [-0.15, -0.1) is 0 Å². The Morgan fingerprint density at radius 2 is 1.84 bits per heavy atom. The second-order valence-electron chi connectivity index (χ2n) is 6.63. The van der Waals surface area contributed by atoms with Gasteiger partial charge in [-0.25, -0.2) is 5.43 Å². The van der Waals surface area contributed by atoms with Gasteiger partial charge < -0.3 is 14.2 Å². The van der Waals surface area contributed by atoms with Crippen molar-refractivity contribution < 1.29 is 19.0 Å². The van der Waals surface area contributed by atoms with Crippen molar-refractivity contribution >= 4 is 28.1 Å². The van der Waals surface area contributed by atoms with Crippen LogP contribution in [0.25, 0.3) is 0 Å². The van der Waals surface area contributed by atoms with Crippen LogP contribution in [0.5, 0.6) is 17.2 Å². The van der Waals surface area contributed by atoms with Crippen molar-refractivity contribution in [3.05, 3.63) is 88.4 Å². The van der Waals surface area contributed by atoms with E-state index in [-0.39, 0.29) is 5.91 Å². The number of ether oxygens (including phenoxy) is 3. The van der Waals surface area contributed by atoms with Crippen LogP contribution in [-0.4, -0.2) is 25.3 Å². The number of methoxy groups -OCH3 is 1. The molecule has 31 heavy (non-hydrogen) atoms. The molecule has 0 saturated heterocycles. The molecule has 3 aromatic rings. The Bertz CT molecular complexity index is 1040. The Morgan fingerprint density at radius 3 is 2.61 bits per heavy atom. The van der Waals surface area contributed by atoms with Crippen molar-refractivity contribution in [3.8, 4) is 17.2 Å². The van der Waals surface area contributed by atoms with E-state index < -0.39 is 6.10 Å². The first-order chi connectivity index (χ1) is 15.0. The first kappa shape index (κ1) is 22.4. The molecule has 1 unspecified atom stereocenters. The summed E-state index contributed by atoms with van der Waals surface area (Å²) in [5.74, 6) is 1.68. The second-order valence-corrected chi connectivity index (χ2v) is 7.54. The van der Waals surface area contributed by atoms with Crippen LogP contribution in [-0.2, 0) is 11.4 Å². The molecule has 1 atom stereocenters. The van der Waals surface area contributed by atoms with Crippen molar-refractivity contribution in [2.75, 3.05) is 7.11 Å². The van der Waals surface area contributed by atoms with E-state index >= 15 is 0 Å².